The average Bonchev–Trinajstić information content (AvgIpc) is 2.77. The minimum atomic E-state index is -0.770. The van der Waals surface area contributed by atoms with Gasteiger partial charge in [-0.1, -0.05) is 36.4 Å². The number of piperidine rings is 1. The molecular weight excluding hydrogens is 376 g/mol. The summed E-state index contributed by atoms with van der Waals surface area (Å²) in [6.45, 7) is 0.556. The molecule has 1 saturated heterocycles. The first-order valence-corrected chi connectivity index (χ1v) is 9.25. The van der Waals surface area contributed by atoms with E-state index >= 15 is 0 Å². The Hall–Kier alpha value is -3.42. The maximum Gasteiger partial charge on any atom is 0.316 e. The van der Waals surface area contributed by atoms with Crippen LogP contribution in [-0.4, -0.2) is 48.5 Å². The van der Waals surface area contributed by atoms with Crippen molar-refractivity contribution < 1.29 is 24.0 Å². The number of nitro groups is 1. The van der Waals surface area contributed by atoms with Crippen LogP contribution in [0.3, 0.4) is 0 Å². The number of rotatable bonds is 6. The Balaban J connectivity index is 1.63. The highest BCUT2D eigenvalue weighted by molar-refractivity contribution is 5.84. The van der Waals surface area contributed by atoms with Crippen molar-refractivity contribution >= 4 is 17.6 Å². The van der Waals surface area contributed by atoms with Gasteiger partial charge in [0.15, 0.2) is 6.61 Å². The molecule has 0 unspecified atom stereocenters. The lowest BCUT2D eigenvalue weighted by Gasteiger charge is -2.40. The summed E-state index contributed by atoms with van der Waals surface area (Å²) in [7, 11) is 1.37. The Labute approximate surface area is 168 Å². The van der Waals surface area contributed by atoms with E-state index in [0.29, 0.717) is 25.9 Å². The summed E-state index contributed by atoms with van der Waals surface area (Å²) in [5.74, 6) is -0.274. The summed E-state index contributed by atoms with van der Waals surface area (Å²) in [5, 5.41) is 10.8. The molecule has 1 aliphatic rings. The number of hydrogen-bond acceptors (Lipinski definition) is 6. The second-order valence-electron chi connectivity index (χ2n) is 6.86. The number of ether oxygens (including phenoxy) is 2. The number of amides is 1. The Bertz CT molecular complexity index is 891. The summed E-state index contributed by atoms with van der Waals surface area (Å²) >= 11 is 0. The van der Waals surface area contributed by atoms with Crippen molar-refractivity contribution in [1.29, 1.82) is 0 Å². The lowest BCUT2D eigenvalue weighted by atomic mass is 9.72. The third-order valence-electron chi connectivity index (χ3n) is 5.26. The molecule has 1 fully saturated rings. The molecular formula is C21H22N2O6. The smallest absolute Gasteiger partial charge is 0.316 e. The van der Waals surface area contributed by atoms with E-state index in [1.807, 2.05) is 30.3 Å². The SMILES string of the molecule is COC(=O)C1(c2ccccc2)CCN(C(=O)COc2cccc([N+](=O)[O-])c2)CC1. The molecule has 0 atom stereocenters. The fourth-order valence-electron chi connectivity index (χ4n) is 3.62. The number of non-ortho nitro benzene ring substituents is 1. The minimum Gasteiger partial charge on any atom is -0.484 e. The van der Waals surface area contributed by atoms with Gasteiger partial charge in [-0.15, -0.1) is 0 Å². The average molecular weight is 398 g/mol. The first-order chi connectivity index (χ1) is 14.0. The number of likely N-dealkylation sites (tertiary alicyclic amines) is 1. The van der Waals surface area contributed by atoms with E-state index in [2.05, 4.69) is 0 Å². The minimum absolute atomic E-state index is 0.0985. The summed E-state index contributed by atoms with van der Waals surface area (Å²) in [4.78, 5) is 37.0. The van der Waals surface area contributed by atoms with Gasteiger partial charge >= 0.3 is 5.97 Å². The van der Waals surface area contributed by atoms with Crippen molar-refractivity contribution in [2.24, 2.45) is 0 Å². The molecule has 29 heavy (non-hydrogen) atoms. The lowest BCUT2D eigenvalue weighted by Crippen LogP contribution is -2.50. The highest BCUT2D eigenvalue weighted by Gasteiger charge is 2.44. The van der Waals surface area contributed by atoms with E-state index in [-0.39, 0.29) is 29.9 Å². The molecule has 0 spiro atoms. The van der Waals surface area contributed by atoms with Crippen LogP contribution in [-0.2, 0) is 19.7 Å². The number of carbonyl (C=O) groups is 2. The van der Waals surface area contributed by atoms with Crippen molar-refractivity contribution in [3.05, 3.63) is 70.3 Å². The lowest BCUT2D eigenvalue weighted by molar-refractivity contribution is -0.384. The van der Waals surface area contributed by atoms with Gasteiger partial charge in [-0.05, 0) is 24.5 Å². The molecule has 1 amide bonds. The highest BCUT2D eigenvalue weighted by atomic mass is 16.6. The van der Waals surface area contributed by atoms with Crippen LogP contribution < -0.4 is 4.74 Å². The van der Waals surface area contributed by atoms with Gasteiger partial charge in [0.25, 0.3) is 11.6 Å². The first-order valence-electron chi connectivity index (χ1n) is 9.25. The van der Waals surface area contributed by atoms with E-state index in [4.69, 9.17) is 9.47 Å². The second kappa shape index (κ2) is 8.72. The Morgan fingerprint density at radius 2 is 1.79 bits per heavy atom. The van der Waals surface area contributed by atoms with Crippen LogP contribution in [0.5, 0.6) is 5.75 Å². The monoisotopic (exact) mass is 398 g/mol. The van der Waals surface area contributed by atoms with Crippen LogP contribution in [0.4, 0.5) is 5.69 Å². The van der Waals surface area contributed by atoms with Crippen LogP contribution in [0.25, 0.3) is 0 Å². The molecule has 0 bridgehead atoms. The van der Waals surface area contributed by atoms with Crippen molar-refractivity contribution in [2.75, 3.05) is 26.8 Å². The van der Waals surface area contributed by atoms with Crippen LogP contribution in [0, 0.1) is 10.1 Å². The fraction of sp³-hybridized carbons (Fsp3) is 0.333. The zero-order valence-electron chi connectivity index (χ0n) is 16.1. The molecule has 0 saturated carbocycles. The second-order valence-corrected chi connectivity index (χ2v) is 6.86. The normalized spacial score (nSPS) is 15.4. The zero-order chi connectivity index (χ0) is 20.9. The summed E-state index contributed by atoms with van der Waals surface area (Å²) < 4.78 is 10.5. The van der Waals surface area contributed by atoms with E-state index in [1.54, 1.807) is 11.0 Å². The number of nitro benzene ring substituents is 1. The molecule has 0 N–H and O–H groups in total. The Morgan fingerprint density at radius 3 is 2.41 bits per heavy atom. The van der Waals surface area contributed by atoms with E-state index in [1.165, 1.54) is 25.3 Å². The van der Waals surface area contributed by atoms with Crippen molar-refractivity contribution in [2.45, 2.75) is 18.3 Å². The third kappa shape index (κ3) is 4.37. The maximum atomic E-state index is 12.6. The standard InChI is InChI=1S/C21H22N2O6/c1-28-20(25)21(16-6-3-2-4-7-16)10-12-22(13-11-21)19(24)15-29-18-9-5-8-17(14-18)23(26)27/h2-9,14H,10-13,15H2,1H3. The molecule has 3 rings (SSSR count). The number of hydrogen-bond donors (Lipinski definition) is 0. The van der Waals surface area contributed by atoms with Crippen molar-refractivity contribution in [3.8, 4) is 5.75 Å². The molecule has 1 aliphatic heterocycles. The molecule has 2 aromatic rings. The quantitative estimate of drug-likeness (QED) is 0.421. The zero-order valence-corrected chi connectivity index (χ0v) is 16.1. The predicted octanol–water partition coefficient (Wildman–Crippen LogP) is 2.71. The Morgan fingerprint density at radius 1 is 1.10 bits per heavy atom. The number of methoxy groups -OCH3 is 1. The van der Waals surface area contributed by atoms with Crippen LogP contribution >= 0.6 is 0 Å². The number of nitrogens with zero attached hydrogens (tertiary/aromatic N) is 2. The van der Waals surface area contributed by atoms with Gasteiger partial charge in [0.2, 0.25) is 0 Å². The first kappa shape index (κ1) is 20.3. The molecule has 1 heterocycles. The summed E-state index contributed by atoms with van der Waals surface area (Å²) in [6.07, 6.45) is 0.901. The highest BCUT2D eigenvalue weighted by Crippen LogP contribution is 2.36. The number of carbonyl (C=O) groups excluding carboxylic acids is 2. The Kier molecular flexibility index (Phi) is 6.11. The third-order valence-corrected chi connectivity index (χ3v) is 5.26. The topological polar surface area (TPSA) is 99.0 Å². The van der Waals surface area contributed by atoms with Gasteiger partial charge in [-0.2, -0.15) is 0 Å². The molecule has 0 aliphatic carbocycles. The van der Waals surface area contributed by atoms with Gasteiger partial charge in [-0.25, -0.2) is 0 Å². The van der Waals surface area contributed by atoms with Gasteiger partial charge in [0.1, 0.15) is 5.75 Å². The van der Waals surface area contributed by atoms with E-state index < -0.39 is 10.3 Å². The summed E-state index contributed by atoms with van der Waals surface area (Å²) in [6, 6.07) is 15.2. The van der Waals surface area contributed by atoms with Crippen molar-refractivity contribution in [3.63, 3.8) is 0 Å². The molecule has 8 nitrogen and oxygen atoms in total. The molecule has 2 aromatic carbocycles. The molecule has 0 aromatic heterocycles. The van der Waals surface area contributed by atoms with E-state index in [0.717, 1.165) is 5.56 Å². The molecule has 0 radical (unpaired) electrons. The maximum absolute atomic E-state index is 12.6. The van der Waals surface area contributed by atoms with Crippen LogP contribution in [0.2, 0.25) is 0 Å². The van der Waals surface area contributed by atoms with Crippen LogP contribution in [0.1, 0.15) is 18.4 Å². The van der Waals surface area contributed by atoms with Crippen molar-refractivity contribution in [1.82, 2.24) is 4.90 Å². The molecule has 152 valence electrons. The van der Waals surface area contributed by atoms with Gasteiger partial charge in [0, 0.05) is 19.2 Å². The molecule has 8 heteroatoms. The van der Waals surface area contributed by atoms with E-state index in [9.17, 15) is 19.7 Å². The number of benzene rings is 2. The van der Waals surface area contributed by atoms with Gasteiger partial charge in [0.05, 0.1) is 23.5 Å². The number of esters is 1. The largest absolute Gasteiger partial charge is 0.484 e. The predicted molar refractivity (Wildman–Crippen MR) is 105 cm³/mol. The van der Waals surface area contributed by atoms with Gasteiger partial charge in [-0.3, -0.25) is 19.7 Å². The van der Waals surface area contributed by atoms with Crippen LogP contribution in [0.15, 0.2) is 54.6 Å². The fourth-order valence-corrected chi connectivity index (χ4v) is 3.62. The summed E-state index contributed by atoms with van der Waals surface area (Å²) in [5.41, 5.74) is 0.0127. The van der Waals surface area contributed by atoms with Gasteiger partial charge < -0.3 is 14.4 Å².